The summed E-state index contributed by atoms with van der Waals surface area (Å²) in [5, 5.41) is 0. The highest BCUT2D eigenvalue weighted by Gasteiger charge is 2.79. The van der Waals surface area contributed by atoms with E-state index in [4.69, 9.17) is 28.4 Å². The van der Waals surface area contributed by atoms with E-state index in [2.05, 4.69) is 13.8 Å². The van der Waals surface area contributed by atoms with Crippen molar-refractivity contribution in [3.05, 3.63) is 0 Å². The van der Waals surface area contributed by atoms with Crippen molar-refractivity contribution in [1.82, 2.24) is 0 Å². The van der Waals surface area contributed by atoms with E-state index in [1.165, 1.54) is 13.8 Å². The van der Waals surface area contributed by atoms with E-state index in [1.54, 1.807) is 0 Å². The highest BCUT2D eigenvalue weighted by molar-refractivity contribution is 5.72. The van der Waals surface area contributed by atoms with Crippen LogP contribution in [0.4, 0.5) is 0 Å². The van der Waals surface area contributed by atoms with Gasteiger partial charge in [-0.1, -0.05) is 27.7 Å². The van der Waals surface area contributed by atoms with Crippen molar-refractivity contribution in [3.8, 4) is 0 Å². The molecule has 38 heavy (non-hydrogen) atoms. The van der Waals surface area contributed by atoms with Crippen LogP contribution in [0.25, 0.3) is 0 Å². The van der Waals surface area contributed by atoms with Crippen LogP contribution in [0.1, 0.15) is 80.1 Å². The molecule has 0 N–H and O–H groups in total. The second-order valence-electron chi connectivity index (χ2n) is 12.7. The fraction of sp³-hybridized carbons (Fsp3) is 0.897. The van der Waals surface area contributed by atoms with Crippen molar-refractivity contribution in [3.63, 3.8) is 0 Å². The van der Waals surface area contributed by atoms with Gasteiger partial charge in [-0.2, -0.15) is 0 Å². The first-order valence-corrected chi connectivity index (χ1v) is 14.4. The van der Waals surface area contributed by atoms with Crippen LogP contribution in [-0.4, -0.2) is 67.9 Å². The normalized spacial score (nSPS) is 46.1. The van der Waals surface area contributed by atoms with Crippen molar-refractivity contribution in [2.45, 2.75) is 110 Å². The van der Waals surface area contributed by atoms with Gasteiger partial charge in [0.2, 0.25) is 0 Å². The molecule has 214 valence electrons. The number of hydrogen-bond acceptors (Lipinski definition) is 9. The lowest BCUT2D eigenvalue weighted by Gasteiger charge is -2.65. The topological polar surface area (TPSA) is 110 Å². The molecule has 0 aromatic carbocycles. The van der Waals surface area contributed by atoms with Gasteiger partial charge in [-0.05, 0) is 44.4 Å². The SMILES string of the molecule is CC[C@H](C)C(=O)O[C@@H]1CCC2(CO2)[C@]2(COC(C)=O)[C@@H](OC(C)=O)C[C@@H](C)[C@](C)(C3C[C@H]4CCO[C@H]4O3)[C@@H]12. The van der Waals surface area contributed by atoms with Gasteiger partial charge in [-0.15, -0.1) is 0 Å². The maximum atomic E-state index is 13.2. The summed E-state index contributed by atoms with van der Waals surface area (Å²) in [6.07, 6.45) is 2.92. The van der Waals surface area contributed by atoms with Gasteiger partial charge in [0.25, 0.3) is 0 Å². The molecule has 0 radical (unpaired) electrons. The smallest absolute Gasteiger partial charge is 0.308 e. The molecule has 9 nitrogen and oxygen atoms in total. The van der Waals surface area contributed by atoms with Crippen molar-refractivity contribution in [1.29, 1.82) is 0 Å². The predicted molar refractivity (Wildman–Crippen MR) is 135 cm³/mol. The van der Waals surface area contributed by atoms with Gasteiger partial charge in [-0.3, -0.25) is 14.4 Å². The Balaban J connectivity index is 1.64. The summed E-state index contributed by atoms with van der Waals surface area (Å²) in [7, 11) is 0. The number of rotatable bonds is 7. The van der Waals surface area contributed by atoms with Crippen LogP contribution in [0.3, 0.4) is 0 Å². The summed E-state index contributed by atoms with van der Waals surface area (Å²) in [5.74, 6) is -1.20. The first-order chi connectivity index (χ1) is 18.0. The van der Waals surface area contributed by atoms with E-state index in [-0.39, 0.29) is 48.7 Å². The van der Waals surface area contributed by atoms with Gasteiger partial charge < -0.3 is 28.4 Å². The van der Waals surface area contributed by atoms with Crippen molar-refractivity contribution in [2.75, 3.05) is 19.8 Å². The largest absolute Gasteiger partial charge is 0.465 e. The van der Waals surface area contributed by atoms with Crippen molar-refractivity contribution in [2.24, 2.45) is 34.5 Å². The molecule has 3 heterocycles. The second kappa shape index (κ2) is 10.0. The first kappa shape index (κ1) is 27.8. The number of carbonyl (C=O) groups excluding carboxylic acids is 3. The number of hydrogen-bond donors (Lipinski definition) is 0. The third-order valence-electron chi connectivity index (χ3n) is 10.7. The summed E-state index contributed by atoms with van der Waals surface area (Å²) in [6.45, 7) is 12.3. The molecule has 0 aromatic rings. The molecular weight excluding hydrogens is 492 g/mol. The molecule has 2 saturated carbocycles. The van der Waals surface area contributed by atoms with Gasteiger partial charge in [0.05, 0.1) is 30.7 Å². The Morgan fingerprint density at radius 3 is 2.42 bits per heavy atom. The molecule has 2 unspecified atom stereocenters. The predicted octanol–water partition coefficient (Wildman–Crippen LogP) is 3.80. The van der Waals surface area contributed by atoms with Crippen LogP contribution in [0.2, 0.25) is 0 Å². The Morgan fingerprint density at radius 1 is 1.08 bits per heavy atom. The van der Waals surface area contributed by atoms with Crippen molar-refractivity contribution < 1.29 is 42.8 Å². The third-order valence-corrected chi connectivity index (χ3v) is 10.7. The van der Waals surface area contributed by atoms with Gasteiger partial charge in [-0.25, -0.2) is 0 Å². The van der Waals surface area contributed by atoms with Gasteiger partial charge in [0, 0.05) is 31.1 Å². The molecule has 0 aromatic heterocycles. The Morgan fingerprint density at radius 2 is 1.82 bits per heavy atom. The molecule has 11 atom stereocenters. The van der Waals surface area contributed by atoms with Crippen LogP contribution in [0.5, 0.6) is 0 Å². The van der Waals surface area contributed by atoms with E-state index in [9.17, 15) is 14.4 Å². The maximum absolute atomic E-state index is 13.2. The maximum Gasteiger partial charge on any atom is 0.308 e. The first-order valence-electron chi connectivity index (χ1n) is 14.4. The zero-order chi connectivity index (χ0) is 27.5. The molecule has 0 bridgehead atoms. The summed E-state index contributed by atoms with van der Waals surface area (Å²) >= 11 is 0. The number of fused-ring (bicyclic) bond motifs is 3. The molecule has 9 heteroatoms. The van der Waals surface area contributed by atoms with E-state index in [0.717, 1.165) is 12.8 Å². The van der Waals surface area contributed by atoms with Crippen LogP contribution in [0.15, 0.2) is 0 Å². The lowest BCUT2D eigenvalue weighted by Crippen LogP contribution is -2.72. The molecule has 0 amide bonds. The minimum atomic E-state index is -0.883. The highest BCUT2D eigenvalue weighted by Crippen LogP contribution is 2.70. The Bertz CT molecular complexity index is 934. The van der Waals surface area contributed by atoms with Crippen LogP contribution in [-0.2, 0) is 42.8 Å². The summed E-state index contributed by atoms with van der Waals surface area (Å²) < 4.78 is 37.0. The van der Waals surface area contributed by atoms with E-state index < -0.39 is 34.6 Å². The molecule has 3 saturated heterocycles. The third kappa shape index (κ3) is 4.27. The van der Waals surface area contributed by atoms with Crippen LogP contribution >= 0.6 is 0 Å². The lowest BCUT2D eigenvalue weighted by molar-refractivity contribution is -0.279. The quantitative estimate of drug-likeness (QED) is 0.273. The molecule has 5 rings (SSSR count). The molecule has 3 aliphatic heterocycles. The summed E-state index contributed by atoms with van der Waals surface area (Å²) in [6, 6.07) is 0. The molecular formula is C29H44O9. The van der Waals surface area contributed by atoms with Gasteiger partial charge >= 0.3 is 17.9 Å². The minimum absolute atomic E-state index is 0.0285. The van der Waals surface area contributed by atoms with Gasteiger partial charge in [0.1, 0.15) is 24.4 Å². The highest BCUT2D eigenvalue weighted by atomic mass is 16.7. The van der Waals surface area contributed by atoms with Gasteiger partial charge in [0.15, 0.2) is 6.29 Å². The van der Waals surface area contributed by atoms with Crippen LogP contribution in [0, 0.1) is 34.5 Å². The Kier molecular flexibility index (Phi) is 7.36. The zero-order valence-corrected chi connectivity index (χ0v) is 23.7. The monoisotopic (exact) mass is 536 g/mol. The van der Waals surface area contributed by atoms with Crippen molar-refractivity contribution >= 4 is 17.9 Å². The fourth-order valence-corrected chi connectivity index (χ4v) is 8.28. The summed E-state index contributed by atoms with van der Waals surface area (Å²) in [4.78, 5) is 37.9. The van der Waals surface area contributed by atoms with E-state index in [1.807, 2.05) is 13.8 Å². The van der Waals surface area contributed by atoms with E-state index >= 15 is 0 Å². The van der Waals surface area contributed by atoms with E-state index in [0.29, 0.717) is 44.8 Å². The molecule has 5 aliphatic rings. The van der Waals surface area contributed by atoms with Crippen LogP contribution < -0.4 is 0 Å². The number of epoxide rings is 1. The zero-order valence-electron chi connectivity index (χ0n) is 23.7. The fourth-order valence-electron chi connectivity index (χ4n) is 8.28. The Labute approximate surface area is 225 Å². The number of carbonyl (C=O) groups is 3. The molecule has 1 spiro atoms. The number of esters is 3. The minimum Gasteiger partial charge on any atom is -0.465 e. The molecule has 2 aliphatic carbocycles. The average molecular weight is 537 g/mol. The summed E-state index contributed by atoms with van der Waals surface area (Å²) in [5.41, 5.74) is -1.99. The standard InChI is InChI=1S/C29H44O9/c1-7-16(2)25(32)37-21-8-10-28(14-35-28)29(15-34-18(4)30)23(36-19(5)31)12-17(3)27(6,24(21)29)22-13-20-9-11-33-26(20)38-22/h16-17,20-24,26H,7-15H2,1-6H3/t16-,17+,20+,21+,22?,23-,24+,26-,27+,28?,29+/m0/s1. The second-order valence-corrected chi connectivity index (χ2v) is 12.7. The number of ether oxygens (including phenoxy) is 6. The Hall–Kier alpha value is -1.71. The average Bonchev–Trinajstić information content (AvgIpc) is 3.31. The lowest BCUT2D eigenvalue weighted by atomic mass is 9.41. The molecule has 5 fully saturated rings.